The van der Waals surface area contributed by atoms with Crippen LogP contribution in [0.1, 0.15) is 11.1 Å². The minimum atomic E-state index is -2.54. The van der Waals surface area contributed by atoms with Crippen LogP contribution in [0, 0.1) is 0 Å². The van der Waals surface area contributed by atoms with E-state index >= 15 is 0 Å². The van der Waals surface area contributed by atoms with E-state index in [0.717, 1.165) is 11.1 Å². The smallest absolute Gasteiger partial charge is 0.255 e. The van der Waals surface area contributed by atoms with Gasteiger partial charge in [-0.05, 0) is 5.57 Å². The first-order chi connectivity index (χ1) is 11.0. The topological polar surface area (TPSA) is 38.3 Å². The Morgan fingerprint density at radius 3 is 2.83 bits per heavy atom. The van der Waals surface area contributed by atoms with E-state index in [9.17, 15) is 13.6 Å². The molecule has 0 atom stereocenters. The molecule has 0 aliphatic carbocycles. The fourth-order valence-electron chi connectivity index (χ4n) is 2.26. The molecule has 0 unspecified atom stereocenters. The standard InChI is InChI=1S/C18H17F2NO2/c1-3-6-12(4-2)15-8-5-7-13-9-14(22)10-17(23-18(13)15)21-11-16(19)20/h3-8,10,16,21H,1-2,9,11H2/b12-6+. The van der Waals surface area contributed by atoms with Crippen molar-refractivity contribution in [2.75, 3.05) is 6.54 Å². The molecular formula is C18H17F2NO2. The molecule has 5 heteroatoms. The van der Waals surface area contributed by atoms with Crippen LogP contribution in [-0.4, -0.2) is 18.8 Å². The molecule has 1 N–H and O–H groups in total. The van der Waals surface area contributed by atoms with Crippen molar-refractivity contribution in [3.63, 3.8) is 0 Å². The fourth-order valence-corrected chi connectivity index (χ4v) is 2.26. The lowest BCUT2D eigenvalue weighted by Gasteiger charge is -2.16. The number of carbonyl (C=O) groups is 1. The Bertz CT molecular complexity index is 690. The van der Waals surface area contributed by atoms with Crippen LogP contribution in [0.15, 0.2) is 61.5 Å². The van der Waals surface area contributed by atoms with Gasteiger partial charge in [-0.15, -0.1) is 0 Å². The molecule has 120 valence electrons. The summed E-state index contributed by atoms with van der Waals surface area (Å²) in [6.07, 6.45) is 3.82. The van der Waals surface area contributed by atoms with E-state index in [-0.39, 0.29) is 18.1 Å². The molecule has 2 rings (SSSR count). The quantitative estimate of drug-likeness (QED) is 0.814. The van der Waals surface area contributed by atoms with Gasteiger partial charge in [0, 0.05) is 23.6 Å². The summed E-state index contributed by atoms with van der Waals surface area (Å²) in [5, 5.41) is 2.45. The maximum atomic E-state index is 12.4. The van der Waals surface area contributed by atoms with Crippen LogP contribution in [-0.2, 0) is 11.2 Å². The van der Waals surface area contributed by atoms with Crippen molar-refractivity contribution in [3.05, 3.63) is 72.7 Å². The molecule has 1 aliphatic rings. The predicted octanol–water partition coefficient (Wildman–Crippen LogP) is 3.64. The summed E-state index contributed by atoms with van der Waals surface area (Å²) < 4.78 is 30.5. The molecule has 0 amide bonds. The van der Waals surface area contributed by atoms with Crippen molar-refractivity contribution in [3.8, 4) is 5.75 Å². The van der Waals surface area contributed by atoms with E-state index in [1.165, 1.54) is 6.08 Å². The summed E-state index contributed by atoms with van der Waals surface area (Å²) in [5.74, 6) is 0.258. The first-order valence-corrected chi connectivity index (χ1v) is 7.07. The number of ketones is 1. The van der Waals surface area contributed by atoms with Crippen LogP contribution >= 0.6 is 0 Å². The molecule has 0 saturated carbocycles. The SMILES string of the molecule is C=C/C=C(\C=C)c1cccc2c1OC(NCC(F)F)=CC(=O)C2. The van der Waals surface area contributed by atoms with E-state index in [1.807, 2.05) is 12.1 Å². The van der Waals surface area contributed by atoms with Crippen molar-refractivity contribution in [1.82, 2.24) is 5.32 Å². The second-order valence-electron chi connectivity index (χ2n) is 4.88. The van der Waals surface area contributed by atoms with E-state index in [2.05, 4.69) is 18.5 Å². The van der Waals surface area contributed by atoms with Gasteiger partial charge in [0.1, 0.15) is 5.75 Å². The third kappa shape index (κ3) is 4.16. The summed E-state index contributed by atoms with van der Waals surface area (Å²) in [6, 6.07) is 5.40. The van der Waals surface area contributed by atoms with Gasteiger partial charge < -0.3 is 10.1 Å². The summed E-state index contributed by atoms with van der Waals surface area (Å²) in [4.78, 5) is 11.9. The lowest BCUT2D eigenvalue weighted by molar-refractivity contribution is -0.114. The zero-order valence-electron chi connectivity index (χ0n) is 12.5. The van der Waals surface area contributed by atoms with Crippen LogP contribution in [0.4, 0.5) is 8.78 Å². The molecule has 0 spiro atoms. The second-order valence-corrected chi connectivity index (χ2v) is 4.88. The summed E-state index contributed by atoms with van der Waals surface area (Å²) in [5.41, 5.74) is 2.17. The lowest BCUT2D eigenvalue weighted by atomic mass is 9.99. The highest BCUT2D eigenvalue weighted by Gasteiger charge is 2.20. The number of fused-ring (bicyclic) bond motifs is 1. The van der Waals surface area contributed by atoms with E-state index in [0.29, 0.717) is 11.3 Å². The number of alkyl halides is 2. The average Bonchev–Trinajstić information content (AvgIpc) is 2.68. The number of ether oxygens (including phenoxy) is 1. The average molecular weight is 317 g/mol. The van der Waals surface area contributed by atoms with Crippen LogP contribution in [0.25, 0.3) is 5.57 Å². The highest BCUT2D eigenvalue weighted by atomic mass is 19.3. The lowest BCUT2D eigenvalue weighted by Crippen LogP contribution is -2.24. The van der Waals surface area contributed by atoms with Gasteiger partial charge >= 0.3 is 0 Å². The van der Waals surface area contributed by atoms with Gasteiger partial charge in [-0.3, -0.25) is 4.79 Å². The molecular weight excluding hydrogens is 300 g/mol. The largest absolute Gasteiger partial charge is 0.440 e. The summed E-state index contributed by atoms with van der Waals surface area (Å²) >= 11 is 0. The van der Waals surface area contributed by atoms with E-state index in [4.69, 9.17) is 4.74 Å². The maximum Gasteiger partial charge on any atom is 0.255 e. The summed E-state index contributed by atoms with van der Waals surface area (Å²) in [6.45, 7) is 6.82. The van der Waals surface area contributed by atoms with Gasteiger partial charge in [-0.2, -0.15) is 0 Å². The number of halogens is 2. The number of hydrogen-bond acceptors (Lipinski definition) is 3. The monoisotopic (exact) mass is 317 g/mol. The van der Waals surface area contributed by atoms with Crippen LogP contribution < -0.4 is 10.1 Å². The number of nitrogens with one attached hydrogen (secondary N) is 1. The number of carbonyl (C=O) groups excluding carboxylic acids is 1. The number of benzene rings is 1. The normalized spacial score (nSPS) is 14.5. The highest BCUT2D eigenvalue weighted by molar-refractivity contribution is 5.93. The van der Waals surface area contributed by atoms with Crippen LogP contribution in [0.5, 0.6) is 5.75 Å². The van der Waals surface area contributed by atoms with E-state index in [1.54, 1.807) is 24.3 Å². The Labute approximate surface area is 133 Å². The zero-order valence-corrected chi connectivity index (χ0v) is 12.5. The maximum absolute atomic E-state index is 12.4. The van der Waals surface area contributed by atoms with Crippen molar-refractivity contribution < 1.29 is 18.3 Å². The van der Waals surface area contributed by atoms with Gasteiger partial charge in [0.25, 0.3) is 6.43 Å². The van der Waals surface area contributed by atoms with Gasteiger partial charge in [-0.25, -0.2) is 8.78 Å². The third-order valence-corrected chi connectivity index (χ3v) is 3.22. The Kier molecular flexibility index (Phi) is 5.46. The third-order valence-electron chi connectivity index (χ3n) is 3.22. The molecule has 1 aliphatic heterocycles. The van der Waals surface area contributed by atoms with Crippen molar-refractivity contribution in [2.24, 2.45) is 0 Å². The molecule has 0 aromatic heterocycles. The predicted molar refractivity (Wildman–Crippen MR) is 86.2 cm³/mol. The molecule has 3 nitrogen and oxygen atoms in total. The minimum absolute atomic E-state index is 0.0171. The molecule has 0 fully saturated rings. The van der Waals surface area contributed by atoms with Gasteiger partial charge in [-0.1, -0.05) is 49.6 Å². The zero-order chi connectivity index (χ0) is 16.8. The van der Waals surface area contributed by atoms with Gasteiger partial charge in [0.15, 0.2) is 11.7 Å². The Morgan fingerprint density at radius 2 is 2.17 bits per heavy atom. The first-order valence-electron chi connectivity index (χ1n) is 7.07. The fraction of sp³-hybridized carbons (Fsp3) is 0.167. The van der Waals surface area contributed by atoms with Gasteiger partial charge in [0.05, 0.1) is 6.54 Å². The second kappa shape index (κ2) is 7.54. The number of para-hydroxylation sites is 1. The van der Waals surface area contributed by atoms with Gasteiger partial charge in [0.2, 0.25) is 0 Å². The first kappa shape index (κ1) is 16.7. The Morgan fingerprint density at radius 1 is 1.39 bits per heavy atom. The molecule has 0 bridgehead atoms. The number of rotatable bonds is 6. The minimum Gasteiger partial charge on any atom is -0.440 e. The molecule has 1 aromatic carbocycles. The van der Waals surface area contributed by atoms with Crippen LogP contribution in [0.3, 0.4) is 0 Å². The summed E-state index contributed by atoms with van der Waals surface area (Å²) in [7, 11) is 0. The van der Waals surface area contributed by atoms with Crippen molar-refractivity contribution >= 4 is 11.4 Å². The number of hydrogen-bond donors (Lipinski definition) is 1. The molecule has 1 heterocycles. The molecule has 0 saturated heterocycles. The van der Waals surface area contributed by atoms with Crippen molar-refractivity contribution in [2.45, 2.75) is 12.8 Å². The molecule has 0 radical (unpaired) electrons. The van der Waals surface area contributed by atoms with Crippen LogP contribution in [0.2, 0.25) is 0 Å². The van der Waals surface area contributed by atoms with Crippen molar-refractivity contribution in [1.29, 1.82) is 0 Å². The Hall–Kier alpha value is -2.69. The molecule has 23 heavy (non-hydrogen) atoms. The Balaban J connectivity index is 2.44. The molecule has 1 aromatic rings. The van der Waals surface area contributed by atoms with E-state index < -0.39 is 13.0 Å². The number of allylic oxidation sites excluding steroid dienone is 5. The highest BCUT2D eigenvalue weighted by Crippen LogP contribution is 2.33.